The lowest BCUT2D eigenvalue weighted by atomic mass is 9.96. The van der Waals surface area contributed by atoms with Gasteiger partial charge in [-0.3, -0.25) is 0 Å². The van der Waals surface area contributed by atoms with Crippen LogP contribution in [0.1, 0.15) is 10.5 Å². The average Bonchev–Trinajstić information content (AvgIpc) is 2.61. The Kier molecular flexibility index (Phi) is 2.94. The number of pyridine rings is 1. The summed E-state index contributed by atoms with van der Waals surface area (Å²) < 4.78 is 10.3. The number of fused-ring (bicyclic) bond motifs is 2. The third-order valence-electron chi connectivity index (χ3n) is 4.02. The highest BCUT2D eigenvalue weighted by molar-refractivity contribution is 6.13. The Hall–Kier alpha value is -3.08. The average molecular weight is 306 g/mol. The molecule has 114 valence electrons. The van der Waals surface area contributed by atoms with Crippen molar-refractivity contribution < 1.29 is 14.3 Å². The molecule has 5 nitrogen and oxygen atoms in total. The predicted octanol–water partition coefficient (Wildman–Crippen LogP) is 3.75. The molecule has 3 aromatic rings. The molecule has 0 amide bonds. The van der Waals surface area contributed by atoms with Crippen molar-refractivity contribution >= 4 is 28.1 Å². The fraction of sp³-hybridized carbons (Fsp3) is 0.111. The van der Waals surface area contributed by atoms with Crippen molar-refractivity contribution in [2.75, 3.05) is 19.5 Å². The maximum Gasteiger partial charge on any atom is 0.356 e. The Balaban J connectivity index is 2.13. The van der Waals surface area contributed by atoms with Crippen LogP contribution in [0.15, 0.2) is 42.5 Å². The highest BCUT2D eigenvalue weighted by atomic mass is 16.5. The van der Waals surface area contributed by atoms with Gasteiger partial charge in [0.2, 0.25) is 0 Å². The molecular formula is C18H14N2O3. The fourth-order valence-electron chi connectivity index (χ4n) is 2.96. The van der Waals surface area contributed by atoms with Crippen LogP contribution in [0.2, 0.25) is 0 Å². The van der Waals surface area contributed by atoms with Crippen molar-refractivity contribution in [3.05, 3.63) is 48.2 Å². The van der Waals surface area contributed by atoms with Gasteiger partial charge in [-0.05, 0) is 23.6 Å². The largest absolute Gasteiger partial charge is 0.495 e. The summed E-state index contributed by atoms with van der Waals surface area (Å²) in [5.74, 6) is 0.289. The van der Waals surface area contributed by atoms with Crippen LogP contribution >= 0.6 is 0 Å². The molecule has 2 aromatic carbocycles. The van der Waals surface area contributed by atoms with Crippen molar-refractivity contribution in [2.24, 2.45) is 0 Å². The van der Waals surface area contributed by atoms with Crippen LogP contribution in [0.5, 0.6) is 5.75 Å². The number of anilines is 2. The van der Waals surface area contributed by atoms with Crippen LogP contribution in [0.4, 0.5) is 11.4 Å². The molecule has 1 N–H and O–H groups in total. The number of carbonyl (C=O) groups is 1. The van der Waals surface area contributed by atoms with Gasteiger partial charge in [-0.2, -0.15) is 0 Å². The van der Waals surface area contributed by atoms with E-state index < -0.39 is 5.97 Å². The minimum absolute atomic E-state index is 0.294. The number of nitrogens with one attached hydrogen (secondary N) is 1. The molecule has 23 heavy (non-hydrogen) atoms. The van der Waals surface area contributed by atoms with Crippen LogP contribution in [-0.2, 0) is 4.74 Å². The maximum atomic E-state index is 11.9. The number of hydrogen-bond acceptors (Lipinski definition) is 5. The van der Waals surface area contributed by atoms with Crippen molar-refractivity contribution in [1.29, 1.82) is 0 Å². The molecule has 0 aliphatic carbocycles. The van der Waals surface area contributed by atoms with Gasteiger partial charge in [0, 0.05) is 16.6 Å². The number of para-hydroxylation sites is 1. The zero-order chi connectivity index (χ0) is 16.0. The van der Waals surface area contributed by atoms with Crippen LogP contribution in [0, 0.1) is 0 Å². The van der Waals surface area contributed by atoms with Crippen LogP contribution in [-0.4, -0.2) is 25.2 Å². The van der Waals surface area contributed by atoms with E-state index in [0.29, 0.717) is 5.69 Å². The number of rotatable bonds is 2. The van der Waals surface area contributed by atoms with Crippen molar-refractivity contribution in [2.45, 2.75) is 0 Å². The van der Waals surface area contributed by atoms with Gasteiger partial charge in [-0.1, -0.05) is 24.3 Å². The van der Waals surface area contributed by atoms with Crippen LogP contribution in [0.25, 0.3) is 22.0 Å². The van der Waals surface area contributed by atoms with E-state index in [1.165, 1.54) is 7.11 Å². The zero-order valence-corrected chi connectivity index (χ0v) is 12.7. The van der Waals surface area contributed by atoms with E-state index in [1.54, 1.807) is 13.2 Å². The lowest BCUT2D eigenvalue weighted by Gasteiger charge is -2.23. The third kappa shape index (κ3) is 1.93. The van der Waals surface area contributed by atoms with Crippen LogP contribution < -0.4 is 10.1 Å². The summed E-state index contributed by atoms with van der Waals surface area (Å²) in [5, 5.41) is 5.26. The molecule has 0 bridgehead atoms. The molecular weight excluding hydrogens is 292 g/mol. The molecule has 4 rings (SSSR count). The standard InChI is InChI=1S/C18H14N2O3/c1-22-14-8-7-10-9-13(18(21)23-2)20-16-11-5-3-4-6-12(11)19-17(14)15(10)16/h3-9,19H,1-2H3. The molecule has 0 saturated heterocycles. The molecule has 0 spiro atoms. The number of methoxy groups -OCH3 is 2. The molecule has 0 saturated carbocycles. The van der Waals surface area contributed by atoms with E-state index in [2.05, 4.69) is 10.3 Å². The van der Waals surface area contributed by atoms with E-state index in [-0.39, 0.29) is 0 Å². The first-order valence-corrected chi connectivity index (χ1v) is 7.19. The first-order chi connectivity index (χ1) is 11.2. The number of hydrogen-bond donors (Lipinski definition) is 1. The second kappa shape index (κ2) is 4.98. The van der Waals surface area contributed by atoms with E-state index >= 15 is 0 Å². The van der Waals surface area contributed by atoms with Gasteiger partial charge in [0.15, 0.2) is 0 Å². The van der Waals surface area contributed by atoms with Gasteiger partial charge in [-0.25, -0.2) is 9.78 Å². The third-order valence-corrected chi connectivity index (χ3v) is 4.02. The Labute approximate surface area is 132 Å². The van der Waals surface area contributed by atoms with Gasteiger partial charge in [-0.15, -0.1) is 0 Å². The van der Waals surface area contributed by atoms with E-state index in [9.17, 15) is 4.79 Å². The summed E-state index contributed by atoms with van der Waals surface area (Å²) in [6, 6.07) is 13.4. The SMILES string of the molecule is COC(=O)c1cc2ccc(OC)c3c2c(n1)-c1ccccc1N3. The predicted molar refractivity (Wildman–Crippen MR) is 88.4 cm³/mol. The second-order valence-corrected chi connectivity index (χ2v) is 5.26. The van der Waals surface area contributed by atoms with Gasteiger partial charge < -0.3 is 14.8 Å². The number of aromatic nitrogens is 1. The number of carbonyl (C=O) groups excluding carboxylic acids is 1. The van der Waals surface area contributed by atoms with Gasteiger partial charge in [0.05, 0.1) is 25.6 Å². The summed E-state index contributed by atoms with van der Waals surface area (Å²) in [5.41, 5.74) is 3.79. The molecule has 1 aromatic heterocycles. The smallest absolute Gasteiger partial charge is 0.356 e. The molecule has 5 heteroatoms. The summed E-state index contributed by atoms with van der Waals surface area (Å²) in [6.07, 6.45) is 0. The van der Waals surface area contributed by atoms with Crippen LogP contribution in [0.3, 0.4) is 0 Å². The highest BCUT2D eigenvalue weighted by Crippen LogP contribution is 2.46. The quantitative estimate of drug-likeness (QED) is 0.571. The molecule has 2 heterocycles. The minimum atomic E-state index is -0.448. The summed E-state index contributed by atoms with van der Waals surface area (Å²) in [7, 11) is 2.99. The first kappa shape index (κ1) is 13.6. The Bertz CT molecular complexity index is 950. The highest BCUT2D eigenvalue weighted by Gasteiger charge is 2.24. The molecule has 0 atom stereocenters. The second-order valence-electron chi connectivity index (χ2n) is 5.26. The summed E-state index contributed by atoms with van der Waals surface area (Å²) >= 11 is 0. The Morgan fingerprint density at radius 3 is 2.74 bits per heavy atom. The zero-order valence-electron chi connectivity index (χ0n) is 12.7. The van der Waals surface area contributed by atoms with Crippen molar-refractivity contribution in [3.63, 3.8) is 0 Å². The van der Waals surface area contributed by atoms with E-state index in [0.717, 1.165) is 39.2 Å². The van der Waals surface area contributed by atoms with Crippen molar-refractivity contribution in [3.8, 4) is 17.0 Å². The van der Waals surface area contributed by atoms with Gasteiger partial charge in [0.1, 0.15) is 11.4 Å². The molecule has 0 fully saturated rings. The summed E-state index contributed by atoms with van der Waals surface area (Å²) in [4.78, 5) is 16.5. The number of ether oxygens (including phenoxy) is 2. The topological polar surface area (TPSA) is 60.5 Å². The van der Waals surface area contributed by atoms with Gasteiger partial charge >= 0.3 is 5.97 Å². The Morgan fingerprint density at radius 1 is 1.13 bits per heavy atom. The fourth-order valence-corrected chi connectivity index (χ4v) is 2.96. The monoisotopic (exact) mass is 306 g/mol. The summed E-state index contributed by atoms with van der Waals surface area (Å²) in [6.45, 7) is 0. The van der Waals surface area contributed by atoms with E-state index in [1.807, 2.05) is 36.4 Å². The lowest BCUT2D eigenvalue weighted by Crippen LogP contribution is -2.09. The Morgan fingerprint density at radius 2 is 1.96 bits per heavy atom. The van der Waals surface area contributed by atoms with E-state index in [4.69, 9.17) is 9.47 Å². The number of benzene rings is 2. The molecule has 1 aliphatic rings. The maximum absolute atomic E-state index is 11.9. The number of nitrogens with zero attached hydrogens (tertiary/aromatic N) is 1. The first-order valence-electron chi connectivity index (χ1n) is 7.19. The van der Waals surface area contributed by atoms with Gasteiger partial charge in [0.25, 0.3) is 0 Å². The minimum Gasteiger partial charge on any atom is -0.495 e. The normalized spacial score (nSPS) is 11.6. The molecule has 1 aliphatic heterocycles. The lowest BCUT2D eigenvalue weighted by molar-refractivity contribution is 0.0594. The molecule has 0 radical (unpaired) electrons. The van der Waals surface area contributed by atoms with Crippen molar-refractivity contribution in [1.82, 2.24) is 4.98 Å². The molecule has 0 unspecified atom stereocenters. The number of esters is 1.